The minimum atomic E-state index is -3.67. The fourth-order valence-electron chi connectivity index (χ4n) is 3.45. The van der Waals surface area contributed by atoms with Gasteiger partial charge in [-0.1, -0.05) is 11.3 Å². The minimum Gasteiger partial charge on any atom is -0.499 e. The van der Waals surface area contributed by atoms with Gasteiger partial charge in [0.1, 0.15) is 10.3 Å². The van der Waals surface area contributed by atoms with Crippen molar-refractivity contribution < 1.29 is 27.8 Å². The van der Waals surface area contributed by atoms with Gasteiger partial charge in [-0.05, 0) is 37.3 Å². The van der Waals surface area contributed by atoms with E-state index in [1.165, 1.54) is 19.2 Å². The van der Waals surface area contributed by atoms with Crippen LogP contribution in [0.1, 0.15) is 19.3 Å². The fourth-order valence-corrected chi connectivity index (χ4v) is 5.86. The third-order valence-electron chi connectivity index (χ3n) is 4.39. The summed E-state index contributed by atoms with van der Waals surface area (Å²) < 4.78 is 37.2. The Hall–Kier alpha value is -1.32. The van der Waals surface area contributed by atoms with Gasteiger partial charge in [-0.25, -0.2) is 17.9 Å². The lowest BCUT2D eigenvalue weighted by Crippen LogP contribution is -2.39. The van der Waals surface area contributed by atoms with Crippen molar-refractivity contribution in [3.05, 3.63) is 12.1 Å². The molecule has 4 unspecified atom stereocenters. The van der Waals surface area contributed by atoms with E-state index in [0.29, 0.717) is 6.42 Å². The third kappa shape index (κ3) is 2.80. The van der Waals surface area contributed by atoms with E-state index in [2.05, 4.69) is 9.46 Å². The number of methoxy groups -OCH3 is 1. The van der Waals surface area contributed by atoms with Crippen molar-refractivity contribution in [1.29, 1.82) is 0 Å². The summed E-state index contributed by atoms with van der Waals surface area (Å²) in [4.78, 5) is 11.3. The van der Waals surface area contributed by atoms with Crippen LogP contribution in [0.3, 0.4) is 0 Å². The highest BCUT2D eigenvalue weighted by molar-refractivity contribution is 7.91. The first kappa shape index (κ1) is 15.6. The molecule has 1 aromatic rings. The number of carbonyl (C=O) groups is 1. The molecule has 0 aliphatic heterocycles. The summed E-state index contributed by atoms with van der Waals surface area (Å²) in [5.41, 5.74) is 0. The second kappa shape index (κ2) is 5.71. The predicted octanol–water partition coefficient (Wildman–Crippen LogP) is 1.68. The first-order valence-corrected chi connectivity index (χ1v) is 9.26. The van der Waals surface area contributed by atoms with Gasteiger partial charge in [-0.2, -0.15) is 0 Å². The maximum Gasteiger partial charge on any atom is 0.508 e. The van der Waals surface area contributed by atoms with E-state index < -0.39 is 16.2 Å². The standard InChI is InChI=1S/C13H17NO6S2/c1-19-13(16)20-9-6-7-2-3-8(9)12(7)14-22(17,18)11-5-4-10(15)21-11/h4-5,7-9,12,14-15H,2-3,6H2,1H3. The maximum atomic E-state index is 12.4. The molecule has 0 aromatic carbocycles. The number of ether oxygens (including phenoxy) is 2. The molecule has 2 aliphatic carbocycles. The smallest absolute Gasteiger partial charge is 0.499 e. The second-order valence-electron chi connectivity index (χ2n) is 5.59. The molecule has 0 spiro atoms. The molecule has 2 bridgehead atoms. The van der Waals surface area contributed by atoms with Gasteiger partial charge in [0, 0.05) is 12.0 Å². The van der Waals surface area contributed by atoms with Crippen LogP contribution in [0, 0.1) is 11.8 Å². The van der Waals surface area contributed by atoms with Crippen molar-refractivity contribution in [2.75, 3.05) is 7.11 Å². The Morgan fingerprint density at radius 1 is 1.41 bits per heavy atom. The van der Waals surface area contributed by atoms with Gasteiger partial charge in [0.25, 0.3) is 0 Å². The Morgan fingerprint density at radius 3 is 2.82 bits per heavy atom. The maximum absolute atomic E-state index is 12.4. The molecule has 7 nitrogen and oxygen atoms in total. The molecule has 1 aromatic heterocycles. The molecule has 0 saturated heterocycles. The Labute approximate surface area is 132 Å². The van der Waals surface area contributed by atoms with Crippen molar-refractivity contribution in [3.8, 4) is 5.06 Å². The number of thiophene rings is 1. The number of hydrogen-bond donors (Lipinski definition) is 2. The first-order chi connectivity index (χ1) is 10.4. The van der Waals surface area contributed by atoms with Gasteiger partial charge in [0.05, 0.1) is 7.11 Å². The van der Waals surface area contributed by atoms with Crippen LogP contribution in [0.25, 0.3) is 0 Å². The van der Waals surface area contributed by atoms with Gasteiger partial charge in [0.15, 0.2) is 5.06 Å². The SMILES string of the molecule is COC(=O)OC1CC2CCC1C2NS(=O)(=O)c1ccc(O)s1. The number of aromatic hydroxyl groups is 1. The monoisotopic (exact) mass is 347 g/mol. The summed E-state index contributed by atoms with van der Waals surface area (Å²) in [5, 5.41) is 9.28. The van der Waals surface area contributed by atoms with Crippen LogP contribution in [-0.2, 0) is 19.5 Å². The van der Waals surface area contributed by atoms with Crippen molar-refractivity contribution in [2.45, 2.75) is 35.6 Å². The molecule has 0 amide bonds. The summed E-state index contributed by atoms with van der Waals surface area (Å²) in [6.07, 6.45) is 1.32. The molecule has 0 radical (unpaired) electrons. The van der Waals surface area contributed by atoms with Gasteiger partial charge >= 0.3 is 6.16 Å². The molecular weight excluding hydrogens is 330 g/mol. The number of rotatable bonds is 4. The fraction of sp³-hybridized carbons (Fsp3) is 0.615. The lowest BCUT2D eigenvalue weighted by molar-refractivity contribution is 0.0147. The third-order valence-corrected chi connectivity index (χ3v) is 7.23. The van der Waals surface area contributed by atoms with Crippen LogP contribution in [0.2, 0.25) is 0 Å². The van der Waals surface area contributed by atoms with Gasteiger partial charge < -0.3 is 14.6 Å². The van der Waals surface area contributed by atoms with Gasteiger partial charge in [0.2, 0.25) is 10.0 Å². The van der Waals surface area contributed by atoms with Crippen LogP contribution < -0.4 is 4.72 Å². The molecule has 122 valence electrons. The lowest BCUT2D eigenvalue weighted by atomic mass is 9.98. The van der Waals surface area contributed by atoms with Gasteiger partial charge in [-0.15, -0.1) is 0 Å². The Balaban J connectivity index is 1.72. The molecule has 4 atom stereocenters. The average molecular weight is 347 g/mol. The zero-order chi connectivity index (χ0) is 15.9. The van der Waals surface area contributed by atoms with Crippen molar-refractivity contribution in [2.24, 2.45) is 11.8 Å². The van der Waals surface area contributed by atoms with Crippen molar-refractivity contribution >= 4 is 27.5 Å². The quantitative estimate of drug-likeness (QED) is 0.804. The Morgan fingerprint density at radius 2 is 2.18 bits per heavy atom. The average Bonchev–Trinajstić information content (AvgIpc) is 3.14. The van der Waals surface area contributed by atoms with Crippen LogP contribution in [0.5, 0.6) is 5.06 Å². The number of hydrogen-bond acceptors (Lipinski definition) is 7. The van der Waals surface area contributed by atoms with Crippen molar-refractivity contribution in [3.63, 3.8) is 0 Å². The molecule has 2 saturated carbocycles. The topological polar surface area (TPSA) is 102 Å². The number of nitrogens with one attached hydrogen (secondary N) is 1. The molecule has 1 heterocycles. The minimum absolute atomic E-state index is 0.0348. The first-order valence-electron chi connectivity index (χ1n) is 6.96. The van der Waals surface area contributed by atoms with Crippen LogP contribution in [-0.4, -0.2) is 38.9 Å². The Bertz CT molecular complexity index is 670. The molecule has 9 heteroatoms. The summed E-state index contributed by atoms with van der Waals surface area (Å²) in [6.45, 7) is 0. The summed E-state index contributed by atoms with van der Waals surface area (Å²) in [7, 11) is -2.42. The number of carbonyl (C=O) groups excluding carboxylic acids is 1. The Kier molecular flexibility index (Phi) is 4.04. The highest BCUT2D eigenvalue weighted by atomic mass is 32.2. The molecular formula is C13H17NO6S2. The molecule has 2 N–H and O–H groups in total. The highest BCUT2D eigenvalue weighted by Gasteiger charge is 2.51. The van der Waals surface area contributed by atoms with E-state index in [4.69, 9.17) is 4.74 Å². The van der Waals surface area contributed by atoms with Gasteiger partial charge in [-0.3, -0.25) is 0 Å². The molecule has 2 fully saturated rings. The van der Waals surface area contributed by atoms with E-state index in [9.17, 15) is 18.3 Å². The van der Waals surface area contributed by atoms with E-state index >= 15 is 0 Å². The van der Waals surface area contributed by atoms with Crippen LogP contribution in [0.4, 0.5) is 4.79 Å². The summed E-state index contributed by atoms with van der Waals surface area (Å²) >= 11 is 0.816. The molecule has 2 aliphatic rings. The lowest BCUT2D eigenvalue weighted by Gasteiger charge is -2.21. The van der Waals surface area contributed by atoms with Crippen molar-refractivity contribution in [1.82, 2.24) is 4.72 Å². The summed E-state index contributed by atoms with van der Waals surface area (Å²) in [6, 6.07) is 2.48. The molecule has 3 rings (SSSR count). The van der Waals surface area contributed by atoms with E-state index in [-0.39, 0.29) is 33.3 Å². The van der Waals surface area contributed by atoms with E-state index in [1.807, 2.05) is 0 Å². The molecule has 22 heavy (non-hydrogen) atoms. The van der Waals surface area contributed by atoms with E-state index in [1.54, 1.807) is 0 Å². The predicted molar refractivity (Wildman–Crippen MR) is 78.2 cm³/mol. The zero-order valence-electron chi connectivity index (χ0n) is 11.9. The number of sulfonamides is 1. The number of fused-ring (bicyclic) bond motifs is 2. The normalized spacial score (nSPS) is 30.4. The zero-order valence-corrected chi connectivity index (χ0v) is 13.5. The second-order valence-corrected chi connectivity index (χ2v) is 8.59. The summed E-state index contributed by atoms with van der Waals surface area (Å²) in [5.74, 6) is 0.121. The van der Waals surface area contributed by atoms with E-state index in [0.717, 1.165) is 24.2 Å². The van der Waals surface area contributed by atoms with Crippen LogP contribution in [0.15, 0.2) is 16.3 Å². The van der Waals surface area contributed by atoms with Crippen LogP contribution >= 0.6 is 11.3 Å². The highest BCUT2D eigenvalue weighted by Crippen LogP contribution is 2.47. The largest absolute Gasteiger partial charge is 0.508 e.